The zero-order valence-corrected chi connectivity index (χ0v) is 16.0. The molecule has 0 saturated carbocycles. The van der Waals surface area contributed by atoms with Gasteiger partial charge >= 0.3 is 6.55 Å². The van der Waals surface area contributed by atoms with E-state index in [2.05, 4.69) is 10.3 Å². The molecule has 29 heavy (non-hydrogen) atoms. The Hall–Kier alpha value is -3.48. The lowest BCUT2D eigenvalue weighted by molar-refractivity contribution is 0.0688. The third-order valence-electron chi connectivity index (χ3n) is 4.91. The average Bonchev–Trinajstić information content (AvgIpc) is 3.36. The maximum atomic E-state index is 13.7. The maximum Gasteiger partial charge on any atom is 0.320 e. The monoisotopic (exact) mass is 394 g/mol. The summed E-state index contributed by atoms with van der Waals surface area (Å²) in [7, 11) is 0. The molecule has 0 aliphatic carbocycles. The quantitative estimate of drug-likeness (QED) is 0.517. The minimum absolute atomic E-state index is 0.118. The zero-order valence-electron chi connectivity index (χ0n) is 16.0. The van der Waals surface area contributed by atoms with Crippen molar-refractivity contribution in [2.75, 3.05) is 0 Å². The Balaban J connectivity index is 1.63. The number of para-hydroxylation sites is 2. The van der Waals surface area contributed by atoms with Gasteiger partial charge in [0.1, 0.15) is 5.82 Å². The van der Waals surface area contributed by atoms with E-state index in [4.69, 9.17) is 0 Å². The van der Waals surface area contributed by atoms with Gasteiger partial charge in [0, 0.05) is 23.6 Å². The number of aromatic nitrogens is 3. The lowest BCUT2D eigenvalue weighted by Crippen LogP contribution is -2.29. The first-order chi connectivity index (χ1) is 14.0. The molecule has 0 fully saturated rings. The third-order valence-corrected chi connectivity index (χ3v) is 4.91. The lowest BCUT2D eigenvalue weighted by Gasteiger charge is -2.16. The van der Waals surface area contributed by atoms with Gasteiger partial charge in [-0.3, -0.25) is 9.36 Å². The normalized spacial score (nSPS) is 12.4. The Labute approximate surface area is 166 Å². The van der Waals surface area contributed by atoms with Gasteiger partial charge in [-0.05, 0) is 55.8 Å². The largest absolute Gasteiger partial charge is 0.342 e. The summed E-state index contributed by atoms with van der Waals surface area (Å²) in [5.74, 6) is -0.230. The number of carbonyl (C=O) groups excluding carboxylic acids is 1. The lowest BCUT2D eigenvalue weighted by atomic mass is 10.1. The second kappa shape index (κ2) is 7.50. The molecular weight excluding hydrogens is 374 g/mol. The smallest absolute Gasteiger partial charge is 0.320 e. The van der Waals surface area contributed by atoms with Crippen molar-refractivity contribution in [2.24, 2.45) is 0 Å². The van der Waals surface area contributed by atoms with Gasteiger partial charge < -0.3 is 9.88 Å². The number of hydrogen-bond donors (Lipinski definition) is 1. The highest BCUT2D eigenvalue weighted by molar-refractivity contribution is 5.95. The molecule has 0 spiro atoms. The van der Waals surface area contributed by atoms with Crippen molar-refractivity contribution in [1.29, 1.82) is 0 Å². The van der Waals surface area contributed by atoms with E-state index < -0.39 is 12.6 Å². The van der Waals surface area contributed by atoms with Gasteiger partial charge in [0.15, 0.2) is 0 Å². The van der Waals surface area contributed by atoms with Crippen molar-refractivity contribution in [3.8, 4) is 5.69 Å². The van der Waals surface area contributed by atoms with E-state index in [0.29, 0.717) is 16.6 Å². The van der Waals surface area contributed by atoms with Gasteiger partial charge in [-0.2, -0.15) is 8.78 Å². The van der Waals surface area contributed by atoms with Gasteiger partial charge in [-0.1, -0.05) is 18.2 Å². The number of rotatable bonds is 5. The van der Waals surface area contributed by atoms with Gasteiger partial charge in [0.05, 0.1) is 17.1 Å². The summed E-state index contributed by atoms with van der Waals surface area (Å²) in [5.41, 5.74) is 3.16. The Morgan fingerprint density at radius 1 is 1.07 bits per heavy atom. The van der Waals surface area contributed by atoms with Crippen LogP contribution in [0.4, 0.5) is 8.78 Å². The van der Waals surface area contributed by atoms with E-state index in [1.807, 2.05) is 42.1 Å². The third kappa shape index (κ3) is 3.51. The van der Waals surface area contributed by atoms with Gasteiger partial charge in [-0.25, -0.2) is 4.98 Å². The van der Waals surface area contributed by atoms with Crippen molar-refractivity contribution in [1.82, 2.24) is 19.4 Å². The van der Waals surface area contributed by atoms with E-state index >= 15 is 0 Å². The first-order valence-corrected chi connectivity index (χ1v) is 9.25. The van der Waals surface area contributed by atoms with Crippen LogP contribution in [-0.4, -0.2) is 20.0 Å². The van der Waals surface area contributed by atoms with Crippen LogP contribution >= 0.6 is 0 Å². The summed E-state index contributed by atoms with van der Waals surface area (Å²) >= 11 is 0. The van der Waals surface area contributed by atoms with Crippen LogP contribution in [0, 0.1) is 6.92 Å². The number of hydrogen-bond acceptors (Lipinski definition) is 2. The fraction of sp³-hybridized carbons (Fsp3) is 0.182. The molecule has 148 valence electrons. The number of benzene rings is 2. The molecule has 4 aromatic rings. The first-order valence-electron chi connectivity index (χ1n) is 9.25. The molecule has 2 aromatic carbocycles. The van der Waals surface area contributed by atoms with Crippen LogP contribution in [0.2, 0.25) is 0 Å². The molecule has 4 rings (SSSR count). The number of alkyl halides is 2. The molecule has 0 aliphatic heterocycles. The van der Waals surface area contributed by atoms with Gasteiger partial charge in [-0.15, -0.1) is 0 Å². The summed E-state index contributed by atoms with van der Waals surface area (Å²) in [4.78, 5) is 17.1. The minimum atomic E-state index is -2.75. The van der Waals surface area contributed by atoms with E-state index in [0.717, 1.165) is 15.8 Å². The zero-order chi connectivity index (χ0) is 20.5. The molecule has 0 radical (unpaired) electrons. The van der Waals surface area contributed by atoms with Gasteiger partial charge in [0.2, 0.25) is 0 Å². The number of amides is 1. The number of carbonyl (C=O) groups is 1. The number of imidazole rings is 1. The van der Waals surface area contributed by atoms with Crippen LogP contribution < -0.4 is 5.32 Å². The molecule has 5 nitrogen and oxygen atoms in total. The van der Waals surface area contributed by atoms with Crippen molar-refractivity contribution in [2.45, 2.75) is 26.4 Å². The van der Waals surface area contributed by atoms with Crippen LogP contribution in [0.3, 0.4) is 0 Å². The molecular formula is C22H20F2N4O. The first kappa shape index (κ1) is 18.9. The Bertz CT molecular complexity index is 1170. The Kier molecular flexibility index (Phi) is 4.88. The Morgan fingerprint density at radius 3 is 2.52 bits per heavy atom. The van der Waals surface area contributed by atoms with Crippen molar-refractivity contribution in [3.63, 3.8) is 0 Å². The number of halogens is 2. The van der Waals surface area contributed by atoms with Crippen LogP contribution in [0.15, 0.2) is 67.0 Å². The number of aryl methyl sites for hydroxylation is 1. The molecule has 2 heterocycles. The molecule has 1 amide bonds. The molecule has 0 bridgehead atoms. The standard InChI is InChI=1S/C22H20F2N4O/c1-14-9-10-16(13-19(14)27-11-5-6-12-27)21(29)25-15(2)20-26-17-7-3-4-8-18(17)28(20)22(23)24/h3-13,15,22H,1-2H3,(H,25,29). The SMILES string of the molecule is Cc1ccc(C(=O)NC(C)c2nc3ccccc3n2C(F)F)cc1-n1cccc1. The van der Waals surface area contributed by atoms with Crippen LogP contribution in [-0.2, 0) is 0 Å². The second-order valence-electron chi connectivity index (χ2n) is 6.89. The summed E-state index contributed by atoms with van der Waals surface area (Å²) < 4.78 is 30.1. The van der Waals surface area contributed by atoms with E-state index in [1.165, 1.54) is 0 Å². The predicted octanol–water partition coefficient (Wildman–Crippen LogP) is 5.02. The van der Waals surface area contributed by atoms with E-state index in [1.54, 1.807) is 43.3 Å². The van der Waals surface area contributed by atoms with Gasteiger partial charge in [0.25, 0.3) is 5.91 Å². The number of fused-ring (bicyclic) bond motifs is 1. The molecule has 2 aromatic heterocycles. The molecule has 0 aliphatic rings. The summed E-state index contributed by atoms with van der Waals surface area (Å²) in [6.07, 6.45) is 3.80. The Morgan fingerprint density at radius 2 is 1.79 bits per heavy atom. The highest BCUT2D eigenvalue weighted by Crippen LogP contribution is 2.27. The van der Waals surface area contributed by atoms with Crippen molar-refractivity contribution >= 4 is 16.9 Å². The fourth-order valence-corrected chi connectivity index (χ4v) is 3.44. The maximum absolute atomic E-state index is 13.7. The number of nitrogens with one attached hydrogen (secondary N) is 1. The summed E-state index contributed by atoms with van der Waals surface area (Å²) in [5, 5.41) is 2.80. The second-order valence-corrected chi connectivity index (χ2v) is 6.89. The highest BCUT2D eigenvalue weighted by atomic mass is 19.3. The van der Waals surface area contributed by atoms with Crippen molar-refractivity contribution < 1.29 is 13.6 Å². The van der Waals surface area contributed by atoms with E-state index in [9.17, 15) is 13.6 Å². The minimum Gasteiger partial charge on any atom is -0.342 e. The average molecular weight is 394 g/mol. The predicted molar refractivity (Wildman–Crippen MR) is 107 cm³/mol. The highest BCUT2D eigenvalue weighted by Gasteiger charge is 2.23. The van der Waals surface area contributed by atoms with E-state index in [-0.39, 0.29) is 11.7 Å². The van der Waals surface area contributed by atoms with Crippen molar-refractivity contribution in [3.05, 3.63) is 83.9 Å². The molecule has 1 N–H and O–H groups in total. The van der Waals surface area contributed by atoms with Crippen LogP contribution in [0.25, 0.3) is 16.7 Å². The van der Waals surface area contributed by atoms with Crippen LogP contribution in [0.1, 0.15) is 41.3 Å². The molecule has 1 unspecified atom stereocenters. The summed E-state index contributed by atoms with van der Waals surface area (Å²) in [6.45, 7) is 0.861. The number of nitrogens with zero attached hydrogens (tertiary/aromatic N) is 3. The fourth-order valence-electron chi connectivity index (χ4n) is 3.44. The summed E-state index contributed by atoms with van der Waals surface area (Å²) in [6, 6.07) is 15.2. The molecule has 7 heteroatoms. The van der Waals surface area contributed by atoms with Crippen LogP contribution in [0.5, 0.6) is 0 Å². The topological polar surface area (TPSA) is 51.9 Å². The molecule has 0 saturated heterocycles. The molecule has 1 atom stereocenters.